The summed E-state index contributed by atoms with van der Waals surface area (Å²) in [5, 5.41) is -0.0411. The van der Waals surface area contributed by atoms with E-state index < -0.39 is 21.2 Å². The molecule has 6 rings (SSSR count). The number of morpholine rings is 1. The van der Waals surface area contributed by atoms with E-state index in [0.29, 0.717) is 42.8 Å². The molecule has 1 amide bonds. The Morgan fingerprint density at radius 1 is 1.02 bits per heavy atom. The number of fused-ring (bicyclic) bond motifs is 3. The van der Waals surface area contributed by atoms with Crippen LogP contribution in [0.1, 0.15) is 67.4 Å². The number of nitrogens with one attached hydrogen (secondary N) is 1. The van der Waals surface area contributed by atoms with Gasteiger partial charge in [0.25, 0.3) is 5.91 Å². The minimum Gasteiger partial charge on any atom is -0.487 e. The lowest BCUT2D eigenvalue weighted by Crippen LogP contribution is -2.45. The van der Waals surface area contributed by atoms with Gasteiger partial charge in [0, 0.05) is 43.3 Å². The molecule has 3 aliphatic heterocycles. The number of nitrogens with zero attached hydrogens (tertiary/aromatic N) is 2. The monoisotopic (exact) mass is 699 g/mol. The molecule has 262 valence electrons. The number of aryl methyl sites for hydroxylation is 1. The van der Waals surface area contributed by atoms with Crippen molar-refractivity contribution in [1.29, 1.82) is 0 Å². The number of carbonyl (C=O) groups excluding carboxylic acids is 1. The minimum atomic E-state index is -3.92. The van der Waals surface area contributed by atoms with Crippen LogP contribution in [0.4, 0.5) is 5.69 Å². The van der Waals surface area contributed by atoms with E-state index >= 15 is 0 Å². The highest BCUT2D eigenvalue weighted by Crippen LogP contribution is 2.42. The molecule has 0 unspecified atom stereocenters. The van der Waals surface area contributed by atoms with Crippen molar-refractivity contribution in [1.82, 2.24) is 9.62 Å². The molecule has 2 aromatic rings. The summed E-state index contributed by atoms with van der Waals surface area (Å²) in [6.45, 7) is 10.4. The average molecular weight is 700 g/mol. The quantitative estimate of drug-likeness (QED) is 0.398. The summed E-state index contributed by atoms with van der Waals surface area (Å²) in [6.07, 6.45) is 9.79. The number of sulfonamides is 1. The molecule has 0 spiro atoms. The van der Waals surface area contributed by atoms with Crippen LogP contribution in [0.3, 0.4) is 0 Å². The second-order valence-corrected chi connectivity index (χ2v) is 16.4. The Morgan fingerprint density at radius 3 is 2.65 bits per heavy atom. The highest BCUT2D eigenvalue weighted by Gasteiger charge is 2.38. The molecule has 2 aromatic carbocycles. The molecule has 1 saturated carbocycles. The molecule has 11 heteroatoms. The van der Waals surface area contributed by atoms with Crippen LogP contribution in [0.15, 0.2) is 48.6 Å². The van der Waals surface area contributed by atoms with Gasteiger partial charge < -0.3 is 19.1 Å². The number of halogens is 1. The summed E-state index contributed by atoms with van der Waals surface area (Å²) in [4.78, 5) is 18.2. The Kier molecular flexibility index (Phi) is 11.7. The van der Waals surface area contributed by atoms with Gasteiger partial charge in [-0.05, 0) is 105 Å². The van der Waals surface area contributed by atoms with E-state index in [1.807, 2.05) is 37.3 Å². The molecular weight excluding hydrogens is 650 g/mol. The minimum absolute atomic E-state index is 0.0539. The van der Waals surface area contributed by atoms with Crippen molar-refractivity contribution in [2.24, 2.45) is 17.8 Å². The van der Waals surface area contributed by atoms with Crippen molar-refractivity contribution in [2.45, 2.75) is 70.3 Å². The van der Waals surface area contributed by atoms with Crippen LogP contribution in [-0.4, -0.2) is 83.1 Å². The largest absolute Gasteiger partial charge is 0.487 e. The lowest BCUT2D eigenvalue weighted by molar-refractivity contribution is -0.0314. The molecule has 1 N–H and O–H groups in total. The fourth-order valence-electron chi connectivity index (χ4n) is 7.29. The van der Waals surface area contributed by atoms with Gasteiger partial charge in [0.15, 0.2) is 0 Å². The third-order valence-electron chi connectivity index (χ3n) is 10.8. The number of carbonyl (C=O) groups is 1. The summed E-state index contributed by atoms with van der Waals surface area (Å²) < 4.78 is 47.8. The lowest BCUT2D eigenvalue weighted by atomic mass is 9.70. The van der Waals surface area contributed by atoms with Gasteiger partial charge >= 0.3 is 0 Å². The van der Waals surface area contributed by atoms with Gasteiger partial charge in [0.05, 0.1) is 36.9 Å². The number of hydrogen-bond acceptors (Lipinski definition) is 8. The zero-order valence-corrected chi connectivity index (χ0v) is 29.8. The average Bonchev–Trinajstić information content (AvgIpc) is 3.09. The molecule has 1 saturated heterocycles. The van der Waals surface area contributed by atoms with Crippen molar-refractivity contribution < 1.29 is 27.4 Å². The highest BCUT2D eigenvalue weighted by molar-refractivity contribution is 7.90. The highest BCUT2D eigenvalue weighted by atomic mass is 35.5. The summed E-state index contributed by atoms with van der Waals surface area (Å²) >= 11 is 6.36. The number of hydrogen-bond donors (Lipinski definition) is 1. The first kappa shape index (κ1) is 35.2. The molecular formula is C37H50ClN3O6S. The van der Waals surface area contributed by atoms with Gasteiger partial charge in [-0.1, -0.05) is 36.7 Å². The number of allylic oxidation sites excluding steroid dienone is 1. The molecule has 3 heterocycles. The fourth-order valence-corrected chi connectivity index (χ4v) is 8.77. The SMILES string of the molecule is C[C@@H]1[C@@H](C)C/C=C/[C@H](OCCN2CCOCC2)[C@@H]2CC[C@H]2CN2CCCCc3cc(Cl)ccc3COc3ccc(cc32)C(=O)NS1(=O)=O. The normalized spacial score (nSPS) is 29.2. The first-order valence-electron chi connectivity index (χ1n) is 17.6. The zero-order chi connectivity index (χ0) is 33.7. The van der Waals surface area contributed by atoms with Gasteiger partial charge in [0.2, 0.25) is 10.0 Å². The Hall–Kier alpha value is -2.63. The molecule has 0 aromatic heterocycles. The number of amides is 1. The maximum atomic E-state index is 13.5. The maximum Gasteiger partial charge on any atom is 0.264 e. The number of rotatable bonds is 4. The van der Waals surface area contributed by atoms with E-state index in [9.17, 15) is 13.2 Å². The van der Waals surface area contributed by atoms with Crippen molar-refractivity contribution in [3.05, 3.63) is 70.3 Å². The third kappa shape index (κ3) is 8.56. The Morgan fingerprint density at radius 2 is 1.85 bits per heavy atom. The van der Waals surface area contributed by atoms with E-state index in [0.717, 1.165) is 94.3 Å². The topological polar surface area (TPSA) is 97.4 Å². The van der Waals surface area contributed by atoms with E-state index in [-0.39, 0.29) is 12.0 Å². The first-order chi connectivity index (χ1) is 23.2. The zero-order valence-electron chi connectivity index (χ0n) is 28.2. The van der Waals surface area contributed by atoms with Gasteiger partial charge in [-0.3, -0.25) is 9.69 Å². The van der Waals surface area contributed by atoms with Crippen molar-refractivity contribution in [2.75, 3.05) is 57.4 Å². The summed E-state index contributed by atoms with van der Waals surface area (Å²) in [5.74, 6) is 0.605. The second-order valence-electron chi connectivity index (χ2n) is 13.9. The fraction of sp³-hybridized carbons (Fsp3) is 0.595. The molecule has 1 aliphatic carbocycles. The summed E-state index contributed by atoms with van der Waals surface area (Å²) in [5.41, 5.74) is 3.40. The van der Waals surface area contributed by atoms with Gasteiger partial charge in [0.1, 0.15) is 12.4 Å². The van der Waals surface area contributed by atoms with E-state index in [1.165, 1.54) is 5.56 Å². The lowest BCUT2D eigenvalue weighted by Gasteiger charge is -2.44. The predicted molar refractivity (Wildman–Crippen MR) is 189 cm³/mol. The van der Waals surface area contributed by atoms with Gasteiger partial charge in [-0.15, -0.1) is 0 Å². The smallest absolute Gasteiger partial charge is 0.264 e. The molecule has 5 atom stereocenters. The molecule has 2 fully saturated rings. The van der Waals surface area contributed by atoms with Crippen LogP contribution in [0.5, 0.6) is 5.75 Å². The van der Waals surface area contributed by atoms with Crippen LogP contribution in [0.2, 0.25) is 5.02 Å². The van der Waals surface area contributed by atoms with Gasteiger partial charge in [-0.25, -0.2) is 13.1 Å². The standard InChI is InChI=1S/C37H50ClN3O6S/c1-26-6-5-8-35(46-21-18-40-16-19-45-20-17-40)33-13-10-30(33)24-41-15-4-3-7-28-22-32(38)12-9-31(28)25-47-36-14-11-29(23-34(36)41)37(42)39-48(43,44)27(26)2/h5,8-9,11-12,14,22-23,26-27,30,33,35H,3-4,6-7,10,13,15-21,24-25H2,1-2H3,(H,39,42)/b8-5+/t26-,27+,30-,33+,35-/m0/s1. The molecule has 0 radical (unpaired) electrons. The van der Waals surface area contributed by atoms with Crippen LogP contribution in [0, 0.1) is 17.8 Å². The Balaban J connectivity index is 1.31. The Bertz CT molecular complexity index is 1560. The molecule has 48 heavy (non-hydrogen) atoms. The maximum absolute atomic E-state index is 13.5. The molecule has 4 aliphatic rings. The van der Waals surface area contributed by atoms with Crippen molar-refractivity contribution >= 4 is 33.2 Å². The van der Waals surface area contributed by atoms with E-state index in [4.69, 9.17) is 25.8 Å². The third-order valence-corrected chi connectivity index (χ3v) is 12.9. The predicted octanol–water partition coefficient (Wildman–Crippen LogP) is 5.85. The first-order valence-corrected chi connectivity index (χ1v) is 19.5. The van der Waals surface area contributed by atoms with Crippen LogP contribution >= 0.6 is 11.6 Å². The van der Waals surface area contributed by atoms with Crippen LogP contribution < -0.4 is 14.4 Å². The summed E-state index contributed by atoms with van der Waals surface area (Å²) in [6, 6.07) is 11.2. The van der Waals surface area contributed by atoms with Crippen LogP contribution in [-0.2, 0) is 32.5 Å². The number of ether oxygens (including phenoxy) is 3. The number of benzene rings is 2. The van der Waals surface area contributed by atoms with E-state index in [1.54, 1.807) is 13.0 Å². The van der Waals surface area contributed by atoms with Crippen molar-refractivity contribution in [3.63, 3.8) is 0 Å². The Labute approximate surface area is 291 Å². The molecule has 2 bridgehead atoms. The van der Waals surface area contributed by atoms with Crippen molar-refractivity contribution in [3.8, 4) is 5.75 Å². The second kappa shape index (κ2) is 15.9. The van der Waals surface area contributed by atoms with E-state index in [2.05, 4.69) is 26.7 Å². The van der Waals surface area contributed by atoms with Gasteiger partial charge in [-0.2, -0.15) is 0 Å². The summed E-state index contributed by atoms with van der Waals surface area (Å²) in [7, 11) is -3.92. The molecule has 9 nitrogen and oxygen atoms in total. The number of anilines is 1. The van der Waals surface area contributed by atoms with Crippen LogP contribution in [0.25, 0.3) is 0 Å².